The van der Waals surface area contributed by atoms with E-state index in [9.17, 15) is 10.0 Å². The molecule has 0 saturated carbocycles. The fourth-order valence-corrected chi connectivity index (χ4v) is 2.45. The van der Waals surface area contributed by atoms with E-state index in [0.29, 0.717) is 32.3 Å². The van der Waals surface area contributed by atoms with Crippen LogP contribution in [-0.4, -0.2) is 34.3 Å². The summed E-state index contributed by atoms with van der Waals surface area (Å²) in [4.78, 5) is 17.2. The molecular weight excluding hydrogens is 360 g/mol. The average Bonchev–Trinajstić information content (AvgIpc) is 2.61. The summed E-state index contributed by atoms with van der Waals surface area (Å²) >= 11 is 5.90. The van der Waals surface area contributed by atoms with Crippen molar-refractivity contribution in [3.05, 3.63) is 52.7 Å². The summed E-state index contributed by atoms with van der Waals surface area (Å²) in [6.45, 7) is 1.44. The van der Waals surface area contributed by atoms with E-state index in [1.807, 2.05) is 0 Å². The average molecular weight is 375 g/mol. The lowest BCUT2D eigenvalue weighted by Crippen LogP contribution is -2.39. The normalized spacial score (nSPS) is 12.0. The Morgan fingerprint density at radius 3 is 2.62 bits per heavy atom. The molecule has 0 saturated heterocycles. The second kappa shape index (κ2) is 7.01. The topological polar surface area (TPSA) is 102 Å². The van der Waals surface area contributed by atoms with Gasteiger partial charge in [0, 0.05) is 5.02 Å². The van der Waals surface area contributed by atoms with Gasteiger partial charge in [-0.2, -0.15) is 0 Å². The molecule has 0 aliphatic heterocycles. The first-order valence-electron chi connectivity index (χ1n) is 7.65. The molecule has 2 aromatic carbocycles. The summed E-state index contributed by atoms with van der Waals surface area (Å²) in [5, 5.41) is 25.5. The second-order valence-corrected chi connectivity index (χ2v) is 6.01. The second-order valence-electron chi connectivity index (χ2n) is 5.57. The number of carboxylic acid groups (broad SMARTS) is 1. The van der Waals surface area contributed by atoms with E-state index < -0.39 is 12.1 Å². The van der Waals surface area contributed by atoms with Crippen LogP contribution in [0.2, 0.25) is 5.02 Å². The van der Waals surface area contributed by atoms with Gasteiger partial charge in [-0.3, -0.25) is 0 Å². The number of carboxylic acids is 1. The molecule has 0 aliphatic carbocycles. The standard InChI is InChI=1S/C17H15ClN4O4/c1-10(16(23)24)26-13-6-4-12(5-7-13)21(2)17-19-14-8-3-11(18)9-15(14)20-22(17)25/h3-10H,1-2H3,(H,23,24). The maximum Gasteiger partial charge on any atom is 0.419 e. The minimum atomic E-state index is -1.05. The Morgan fingerprint density at radius 1 is 1.27 bits per heavy atom. The molecule has 3 aromatic rings. The van der Waals surface area contributed by atoms with Gasteiger partial charge >= 0.3 is 11.9 Å². The third-order valence-electron chi connectivity index (χ3n) is 3.71. The molecule has 3 rings (SSSR count). The Bertz CT molecular complexity index is 965. The number of hydrogen-bond donors (Lipinski definition) is 1. The highest BCUT2D eigenvalue weighted by molar-refractivity contribution is 6.31. The van der Waals surface area contributed by atoms with E-state index in [1.165, 1.54) is 6.92 Å². The van der Waals surface area contributed by atoms with Crippen LogP contribution in [0.5, 0.6) is 5.75 Å². The van der Waals surface area contributed by atoms with E-state index >= 15 is 0 Å². The van der Waals surface area contributed by atoms with E-state index in [-0.39, 0.29) is 5.95 Å². The molecule has 26 heavy (non-hydrogen) atoms. The van der Waals surface area contributed by atoms with Crippen molar-refractivity contribution >= 4 is 40.2 Å². The predicted octanol–water partition coefficient (Wildman–Crippen LogP) is 2.54. The number of fused-ring (bicyclic) bond motifs is 1. The van der Waals surface area contributed by atoms with Crippen LogP contribution < -0.4 is 14.5 Å². The number of aromatic nitrogens is 3. The Balaban J connectivity index is 1.88. The largest absolute Gasteiger partial charge is 0.722 e. The van der Waals surface area contributed by atoms with Crippen LogP contribution in [0.4, 0.5) is 11.6 Å². The highest BCUT2D eigenvalue weighted by Crippen LogP contribution is 2.24. The van der Waals surface area contributed by atoms with E-state index in [1.54, 1.807) is 54.4 Å². The Labute approximate surface area is 153 Å². The molecule has 1 atom stereocenters. The van der Waals surface area contributed by atoms with Crippen molar-refractivity contribution in [3.8, 4) is 5.75 Å². The fraction of sp³-hybridized carbons (Fsp3) is 0.176. The van der Waals surface area contributed by atoms with E-state index in [0.717, 1.165) is 0 Å². The highest BCUT2D eigenvalue weighted by Gasteiger charge is 2.20. The molecule has 1 N–H and O–H groups in total. The quantitative estimate of drug-likeness (QED) is 0.540. The maximum atomic E-state index is 12.2. The van der Waals surface area contributed by atoms with Crippen LogP contribution in [0, 0.1) is 5.21 Å². The van der Waals surface area contributed by atoms with Gasteiger partial charge in [-0.05, 0) is 49.4 Å². The van der Waals surface area contributed by atoms with Gasteiger partial charge < -0.3 is 15.1 Å². The van der Waals surface area contributed by atoms with Crippen LogP contribution >= 0.6 is 11.6 Å². The molecule has 0 radical (unpaired) electrons. The number of hydrogen-bond acceptors (Lipinski definition) is 6. The summed E-state index contributed by atoms with van der Waals surface area (Å²) < 4.78 is 5.28. The number of nitrogens with zero attached hydrogens (tertiary/aromatic N) is 4. The molecule has 134 valence electrons. The Kier molecular flexibility index (Phi) is 4.77. The molecule has 0 spiro atoms. The molecule has 1 unspecified atom stereocenters. The van der Waals surface area contributed by atoms with Crippen molar-refractivity contribution < 1.29 is 19.5 Å². The third kappa shape index (κ3) is 3.60. The Morgan fingerprint density at radius 2 is 1.96 bits per heavy atom. The van der Waals surface area contributed by atoms with Crippen molar-refractivity contribution in [2.45, 2.75) is 13.0 Å². The SMILES string of the molecule is CC(Oc1ccc(N(C)c2nc3ccc(Cl)cc3n[n+]2[O-])cc1)C(=O)O. The van der Waals surface area contributed by atoms with Crippen LogP contribution in [-0.2, 0) is 4.79 Å². The smallest absolute Gasteiger partial charge is 0.419 e. The minimum absolute atomic E-state index is 0.0902. The lowest BCUT2D eigenvalue weighted by molar-refractivity contribution is -0.656. The van der Waals surface area contributed by atoms with Gasteiger partial charge in [0.25, 0.3) is 0 Å². The van der Waals surface area contributed by atoms with Gasteiger partial charge in [-0.15, -0.1) is 9.94 Å². The zero-order chi connectivity index (χ0) is 18.8. The van der Waals surface area contributed by atoms with Gasteiger partial charge in [0.05, 0.1) is 7.05 Å². The molecule has 8 nitrogen and oxygen atoms in total. The zero-order valence-corrected chi connectivity index (χ0v) is 14.7. The van der Waals surface area contributed by atoms with Crippen molar-refractivity contribution in [1.29, 1.82) is 0 Å². The van der Waals surface area contributed by atoms with Crippen LogP contribution in [0.3, 0.4) is 0 Å². The summed E-state index contributed by atoms with van der Waals surface area (Å²) in [6.07, 6.45) is -0.958. The molecular formula is C17H15ClN4O4. The molecule has 1 heterocycles. The lowest BCUT2D eigenvalue weighted by atomic mass is 10.3. The first-order valence-corrected chi connectivity index (χ1v) is 8.03. The number of benzene rings is 2. The number of rotatable bonds is 5. The summed E-state index contributed by atoms with van der Waals surface area (Å²) in [5.41, 5.74) is 1.60. The monoisotopic (exact) mass is 374 g/mol. The molecule has 1 aromatic heterocycles. The van der Waals surface area contributed by atoms with Gasteiger partial charge in [0.1, 0.15) is 17.0 Å². The fourth-order valence-electron chi connectivity index (χ4n) is 2.29. The maximum absolute atomic E-state index is 12.2. The zero-order valence-electron chi connectivity index (χ0n) is 14.0. The first kappa shape index (κ1) is 17.7. The van der Waals surface area contributed by atoms with Gasteiger partial charge in [0.2, 0.25) is 0 Å². The summed E-state index contributed by atoms with van der Waals surface area (Å²) in [7, 11) is 1.68. The van der Waals surface area contributed by atoms with Crippen LogP contribution in [0.25, 0.3) is 11.0 Å². The molecule has 0 bridgehead atoms. The third-order valence-corrected chi connectivity index (χ3v) is 3.95. The molecule has 0 aliphatic rings. The van der Waals surface area contributed by atoms with Gasteiger partial charge in [0.15, 0.2) is 11.6 Å². The van der Waals surface area contributed by atoms with Crippen molar-refractivity contribution in [2.75, 3.05) is 11.9 Å². The lowest BCUT2D eigenvalue weighted by Gasteiger charge is -2.16. The molecule has 0 amide bonds. The number of anilines is 2. The van der Waals surface area contributed by atoms with Gasteiger partial charge in [-0.25, -0.2) is 9.69 Å². The van der Waals surface area contributed by atoms with Crippen molar-refractivity contribution in [2.24, 2.45) is 0 Å². The molecule has 9 heteroatoms. The summed E-state index contributed by atoms with van der Waals surface area (Å²) in [6, 6.07) is 11.6. The number of halogens is 1. The number of carbonyl (C=O) groups is 1. The minimum Gasteiger partial charge on any atom is -0.722 e. The Hall–Kier alpha value is -3.13. The highest BCUT2D eigenvalue weighted by atomic mass is 35.5. The van der Waals surface area contributed by atoms with Gasteiger partial charge in [-0.1, -0.05) is 16.6 Å². The van der Waals surface area contributed by atoms with Crippen molar-refractivity contribution in [1.82, 2.24) is 10.1 Å². The molecule has 0 fully saturated rings. The first-order chi connectivity index (χ1) is 12.3. The number of ether oxygens (including phenoxy) is 1. The van der Waals surface area contributed by atoms with E-state index in [2.05, 4.69) is 10.1 Å². The predicted molar refractivity (Wildman–Crippen MR) is 95.7 cm³/mol. The van der Waals surface area contributed by atoms with Crippen LogP contribution in [0.15, 0.2) is 42.5 Å². The van der Waals surface area contributed by atoms with Crippen molar-refractivity contribution in [3.63, 3.8) is 0 Å². The number of aliphatic carboxylic acids is 1. The van der Waals surface area contributed by atoms with E-state index in [4.69, 9.17) is 21.4 Å². The summed E-state index contributed by atoms with van der Waals surface area (Å²) in [5.74, 6) is -0.552. The van der Waals surface area contributed by atoms with Crippen LogP contribution in [0.1, 0.15) is 6.92 Å².